The number of thiocarbonyl (C=S) groups is 1. The van der Waals surface area contributed by atoms with Crippen LogP contribution in [0.15, 0.2) is 51.8 Å². The van der Waals surface area contributed by atoms with Crippen LogP contribution in [0.5, 0.6) is 0 Å². The summed E-state index contributed by atoms with van der Waals surface area (Å²) in [6.45, 7) is 0. The molecule has 2 rings (SSSR count). The SMILES string of the molecule is CSc1cccc(Nc2cc(Br)ccc2C(N)=S)c1. The molecule has 0 spiro atoms. The van der Waals surface area contributed by atoms with E-state index in [1.807, 2.05) is 30.3 Å². The van der Waals surface area contributed by atoms with Gasteiger partial charge in [-0.1, -0.05) is 34.2 Å². The van der Waals surface area contributed by atoms with Gasteiger partial charge in [0.15, 0.2) is 0 Å². The number of halogens is 1. The number of thioether (sulfide) groups is 1. The smallest absolute Gasteiger partial charge is 0.106 e. The third-order valence-corrected chi connectivity index (χ3v) is 4.03. The Balaban J connectivity index is 2.36. The second kappa shape index (κ2) is 6.41. The zero-order chi connectivity index (χ0) is 13.8. The molecule has 2 nitrogen and oxygen atoms in total. The second-order valence-electron chi connectivity index (χ2n) is 3.91. The van der Waals surface area contributed by atoms with E-state index in [2.05, 4.69) is 39.6 Å². The van der Waals surface area contributed by atoms with E-state index in [0.717, 1.165) is 21.4 Å². The fourth-order valence-corrected chi connectivity index (χ4v) is 2.69. The molecule has 0 aromatic heterocycles. The van der Waals surface area contributed by atoms with Gasteiger partial charge >= 0.3 is 0 Å². The van der Waals surface area contributed by atoms with Crippen LogP contribution in [0.4, 0.5) is 11.4 Å². The molecule has 0 saturated heterocycles. The van der Waals surface area contributed by atoms with Crippen LogP contribution in [0, 0.1) is 0 Å². The van der Waals surface area contributed by atoms with Crippen LogP contribution in [0.1, 0.15) is 5.56 Å². The number of benzene rings is 2. The molecule has 0 bridgehead atoms. The van der Waals surface area contributed by atoms with Gasteiger partial charge in [0.25, 0.3) is 0 Å². The van der Waals surface area contributed by atoms with Crippen LogP contribution in [-0.4, -0.2) is 11.2 Å². The first-order valence-electron chi connectivity index (χ1n) is 5.60. The quantitative estimate of drug-likeness (QED) is 0.625. The summed E-state index contributed by atoms with van der Waals surface area (Å²) in [5.41, 5.74) is 8.51. The molecule has 0 aliphatic rings. The van der Waals surface area contributed by atoms with Crippen molar-refractivity contribution >= 4 is 56.3 Å². The summed E-state index contributed by atoms with van der Waals surface area (Å²) in [7, 11) is 0. The monoisotopic (exact) mass is 352 g/mol. The maximum atomic E-state index is 5.75. The number of hydrogen-bond donors (Lipinski definition) is 2. The standard InChI is InChI=1S/C14H13BrN2S2/c1-19-11-4-2-3-10(8-11)17-13-7-9(15)5-6-12(13)14(16)18/h2-8,17H,1H3,(H2,16,18). The predicted molar refractivity (Wildman–Crippen MR) is 91.5 cm³/mol. The minimum absolute atomic E-state index is 0.385. The molecule has 2 aromatic rings. The van der Waals surface area contributed by atoms with Crippen molar-refractivity contribution in [3.05, 3.63) is 52.5 Å². The van der Waals surface area contributed by atoms with Crippen LogP contribution >= 0.6 is 39.9 Å². The zero-order valence-electron chi connectivity index (χ0n) is 10.3. The van der Waals surface area contributed by atoms with Crippen molar-refractivity contribution in [2.45, 2.75) is 4.90 Å². The summed E-state index contributed by atoms with van der Waals surface area (Å²) >= 11 is 10.2. The lowest BCUT2D eigenvalue weighted by Gasteiger charge is -2.12. The highest BCUT2D eigenvalue weighted by Gasteiger charge is 2.06. The van der Waals surface area contributed by atoms with Gasteiger partial charge in [-0.3, -0.25) is 0 Å². The van der Waals surface area contributed by atoms with Crippen molar-refractivity contribution < 1.29 is 0 Å². The van der Waals surface area contributed by atoms with Gasteiger partial charge in [0.1, 0.15) is 4.99 Å². The summed E-state index contributed by atoms with van der Waals surface area (Å²) in [5.74, 6) is 0. The van der Waals surface area contributed by atoms with Gasteiger partial charge in [-0.25, -0.2) is 0 Å². The van der Waals surface area contributed by atoms with E-state index in [4.69, 9.17) is 18.0 Å². The topological polar surface area (TPSA) is 38.0 Å². The summed E-state index contributed by atoms with van der Waals surface area (Å²) in [5, 5.41) is 3.36. The van der Waals surface area contributed by atoms with Crippen molar-refractivity contribution in [1.29, 1.82) is 0 Å². The molecule has 0 atom stereocenters. The van der Waals surface area contributed by atoms with Crippen LogP contribution in [0.3, 0.4) is 0 Å². The van der Waals surface area contributed by atoms with Crippen LogP contribution < -0.4 is 11.1 Å². The molecular formula is C14H13BrN2S2. The molecule has 5 heteroatoms. The number of anilines is 2. The minimum atomic E-state index is 0.385. The lowest BCUT2D eigenvalue weighted by Crippen LogP contribution is -2.11. The first-order chi connectivity index (χ1) is 9.10. The second-order valence-corrected chi connectivity index (χ2v) is 6.15. The normalized spacial score (nSPS) is 10.2. The first kappa shape index (κ1) is 14.4. The molecule has 2 aromatic carbocycles. The summed E-state index contributed by atoms with van der Waals surface area (Å²) in [6, 6.07) is 14.0. The number of nitrogens with one attached hydrogen (secondary N) is 1. The van der Waals surface area contributed by atoms with Gasteiger partial charge in [-0.15, -0.1) is 11.8 Å². The Hall–Kier alpha value is -1.04. The lowest BCUT2D eigenvalue weighted by atomic mass is 10.1. The number of nitrogens with two attached hydrogens (primary N) is 1. The van der Waals surface area contributed by atoms with Crippen molar-refractivity contribution in [2.75, 3.05) is 11.6 Å². The van der Waals surface area contributed by atoms with Gasteiger partial charge in [-0.2, -0.15) is 0 Å². The van der Waals surface area contributed by atoms with Crippen molar-refractivity contribution in [2.24, 2.45) is 5.73 Å². The van der Waals surface area contributed by atoms with E-state index in [0.29, 0.717) is 4.99 Å². The first-order valence-corrected chi connectivity index (χ1v) is 8.03. The highest BCUT2D eigenvalue weighted by atomic mass is 79.9. The average molecular weight is 353 g/mol. The number of rotatable bonds is 4. The van der Waals surface area contributed by atoms with Crippen molar-refractivity contribution in [1.82, 2.24) is 0 Å². The van der Waals surface area contributed by atoms with E-state index < -0.39 is 0 Å². The molecule has 0 aliphatic carbocycles. The van der Waals surface area contributed by atoms with E-state index in [9.17, 15) is 0 Å². The van der Waals surface area contributed by atoms with Crippen LogP contribution in [0.2, 0.25) is 0 Å². The van der Waals surface area contributed by atoms with Gasteiger partial charge in [0.2, 0.25) is 0 Å². The lowest BCUT2D eigenvalue weighted by molar-refractivity contribution is 1.43. The third kappa shape index (κ3) is 3.72. The van der Waals surface area contributed by atoms with Gasteiger partial charge < -0.3 is 11.1 Å². The van der Waals surface area contributed by atoms with Gasteiger partial charge in [0.05, 0.1) is 0 Å². The molecular weight excluding hydrogens is 340 g/mol. The molecule has 0 fully saturated rings. The Labute approximate surface area is 130 Å². The van der Waals surface area contributed by atoms with Crippen LogP contribution in [-0.2, 0) is 0 Å². The highest BCUT2D eigenvalue weighted by Crippen LogP contribution is 2.27. The fourth-order valence-electron chi connectivity index (χ4n) is 1.69. The fraction of sp³-hybridized carbons (Fsp3) is 0.0714. The minimum Gasteiger partial charge on any atom is -0.389 e. The van der Waals surface area contributed by atoms with Gasteiger partial charge in [-0.05, 0) is 42.7 Å². The zero-order valence-corrected chi connectivity index (χ0v) is 13.5. The molecule has 98 valence electrons. The average Bonchev–Trinajstić information content (AvgIpc) is 2.38. The van der Waals surface area contributed by atoms with E-state index in [1.54, 1.807) is 11.8 Å². The molecule has 0 unspecified atom stereocenters. The molecule has 0 amide bonds. The molecule has 0 heterocycles. The Morgan fingerprint density at radius 2 is 2.05 bits per heavy atom. The Kier molecular flexibility index (Phi) is 4.85. The Morgan fingerprint density at radius 3 is 2.74 bits per heavy atom. The van der Waals surface area contributed by atoms with E-state index in [1.165, 1.54) is 4.90 Å². The maximum absolute atomic E-state index is 5.75. The molecule has 19 heavy (non-hydrogen) atoms. The molecule has 0 aliphatic heterocycles. The summed E-state index contributed by atoms with van der Waals surface area (Å²) < 4.78 is 0.982. The van der Waals surface area contributed by atoms with E-state index >= 15 is 0 Å². The number of hydrogen-bond acceptors (Lipinski definition) is 3. The molecule has 0 radical (unpaired) electrons. The predicted octanol–water partition coefficient (Wildman–Crippen LogP) is 4.55. The van der Waals surface area contributed by atoms with E-state index in [-0.39, 0.29) is 0 Å². The molecule has 0 saturated carbocycles. The van der Waals surface area contributed by atoms with Gasteiger partial charge in [0, 0.05) is 26.3 Å². The largest absolute Gasteiger partial charge is 0.389 e. The summed E-state index contributed by atoms with van der Waals surface area (Å²) in [4.78, 5) is 1.59. The highest BCUT2D eigenvalue weighted by molar-refractivity contribution is 9.10. The van der Waals surface area contributed by atoms with Crippen molar-refractivity contribution in [3.63, 3.8) is 0 Å². The third-order valence-electron chi connectivity index (χ3n) is 2.60. The summed E-state index contributed by atoms with van der Waals surface area (Å²) in [6.07, 6.45) is 2.05. The van der Waals surface area contributed by atoms with Crippen LogP contribution in [0.25, 0.3) is 0 Å². The Bertz CT molecular complexity index is 614. The maximum Gasteiger partial charge on any atom is 0.106 e. The van der Waals surface area contributed by atoms with Crippen molar-refractivity contribution in [3.8, 4) is 0 Å². The molecule has 3 N–H and O–H groups in total. The Morgan fingerprint density at radius 1 is 1.26 bits per heavy atom.